The minimum Gasteiger partial charge on any atom is -0.339 e. The van der Waals surface area contributed by atoms with Crippen molar-refractivity contribution in [2.75, 3.05) is 19.6 Å². The van der Waals surface area contributed by atoms with Gasteiger partial charge in [-0.25, -0.2) is 0 Å². The van der Waals surface area contributed by atoms with Crippen molar-refractivity contribution in [2.24, 2.45) is 0 Å². The quantitative estimate of drug-likeness (QED) is 0.681. The molecule has 0 aliphatic carbocycles. The molecule has 0 bridgehead atoms. The Morgan fingerprint density at radius 1 is 1.40 bits per heavy atom. The van der Waals surface area contributed by atoms with E-state index in [9.17, 15) is 4.79 Å². The van der Waals surface area contributed by atoms with E-state index in [0.29, 0.717) is 11.9 Å². The highest BCUT2D eigenvalue weighted by Crippen LogP contribution is 2.11. The van der Waals surface area contributed by atoms with Crippen molar-refractivity contribution in [1.82, 2.24) is 10.2 Å². The van der Waals surface area contributed by atoms with E-state index >= 15 is 0 Å². The van der Waals surface area contributed by atoms with Gasteiger partial charge in [-0.1, -0.05) is 19.8 Å². The van der Waals surface area contributed by atoms with E-state index in [1.54, 1.807) is 0 Å². The first-order chi connectivity index (χ1) is 7.29. The second-order valence-corrected chi connectivity index (χ2v) is 4.28. The molecule has 0 saturated carbocycles. The Bertz CT molecular complexity index is 188. The molecule has 0 aromatic carbocycles. The predicted molar refractivity (Wildman–Crippen MR) is 62.8 cm³/mol. The Kier molecular flexibility index (Phi) is 5.69. The van der Waals surface area contributed by atoms with Crippen LogP contribution in [0.3, 0.4) is 0 Å². The normalized spacial score (nSPS) is 20.5. The third kappa shape index (κ3) is 3.82. The van der Waals surface area contributed by atoms with Gasteiger partial charge in [0.15, 0.2) is 0 Å². The maximum absolute atomic E-state index is 11.9. The molecule has 3 heteroatoms. The molecule has 0 aromatic rings. The number of carbonyl (C=O) groups excluding carboxylic acids is 1. The van der Waals surface area contributed by atoms with E-state index < -0.39 is 0 Å². The van der Waals surface area contributed by atoms with Gasteiger partial charge in [0.25, 0.3) is 0 Å². The van der Waals surface area contributed by atoms with Crippen LogP contribution in [0.1, 0.15) is 46.0 Å². The van der Waals surface area contributed by atoms with Crippen LogP contribution < -0.4 is 5.32 Å². The minimum absolute atomic E-state index is 0.347. The fourth-order valence-corrected chi connectivity index (χ4v) is 2.21. The summed E-state index contributed by atoms with van der Waals surface area (Å²) in [5.74, 6) is 0.347. The second kappa shape index (κ2) is 6.83. The molecular formula is C12H24N2O. The van der Waals surface area contributed by atoms with Gasteiger partial charge >= 0.3 is 0 Å². The average Bonchev–Trinajstić information content (AvgIpc) is 2.73. The van der Waals surface area contributed by atoms with E-state index in [-0.39, 0.29) is 0 Å². The largest absolute Gasteiger partial charge is 0.339 e. The SMILES string of the molecule is CCCCCC(=O)N(CC)C1CCNC1. The first-order valence-electron chi connectivity index (χ1n) is 6.29. The molecule has 0 radical (unpaired) electrons. The fraction of sp³-hybridized carbons (Fsp3) is 0.917. The molecular weight excluding hydrogens is 188 g/mol. The first-order valence-corrected chi connectivity index (χ1v) is 6.29. The minimum atomic E-state index is 0.347. The summed E-state index contributed by atoms with van der Waals surface area (Å²) in [7, 11) is 0. The average molecular weight is 212 g/mol. The molecule has 1 heterocycles. The molecule has 1 N–H and O–H groups in total. The lowest BCUT2D eigenvalue weighted by Crippen LogP contribution is -2.41. The highest BCUT2D eigenvalue weighted by Gasteiger charge is 2.24. The van der Waals surface area contributed by atoms with Gasteiger partial charge in [0, 0.05) is 25.6 Å². The molecule has 1 amide bonds. The summed E-state index contributed by atoms with van der Waals surface area (Å²) in [6, 6.07) is 0.448. The molecule has 0 aromatic heterocycles. The molecule has 3 nitrogen and oxygen atoms in total. The molecule has 1 rings (SSSR count). The highest BCUT2D eigenvalue weighted by atomic mass is 16.2. The number of unbranched alkanes of at least 4 members (excludes halogenated alkanes) is 2. The summed E-state index contributed by atoms with van der Waals surface area (Å²) in [6.45, 7) is 7.15. The molecule has 1 aliphatic heterocycles. The maximum atomic E-state index is 11.9. The topological polar surface area (TPSA) is 32.3 Å². The molecule has 1 fully saturated rings. The van der Waals surface area contributed by atoms with Crippen LogP contribution in [-0.4, -0.2) is 36.5 Å². The van der Waals surface area contributed by atoms with Crippen molar-refractivity contribution in [3.63, 3.8) is 0 Å². The number of likely N-dealkylation sites (N-methyl/N-ethyl adjacent to an activating group) is 1. The van der Waals surface area contributed by atoms with Crippen molar-refractivity contribution < 1.29 is 4.79 Å². The number of hydrogen-bond donors (Lipinski definition) is 1. The van der Waals surface area contributed by atoms with Gasteiger partial charge in [-0.05, 0) is 26.3 Å². The highest BCUT2D eigenvalue weighted by molar-refractivity contribution is 5.76. The fourth-order valence-electron chi connectivity index (χ4n) is 2.21. The van der Waals surface area contributed by atoms with Crippen molar-refractivity contribution >= 4 is 5.91 Å². The van der Waals surface area contributed by atoms with Crippen molar-refractivity contribution in [3.8, 4) is 0 Å². The van der Waals surface area contributed by atoms with Crippen molar-refractivity contribution in [2.45, 2.75) is 52.0 Å². The van der Waals surface area contributed by atoms with Crippen molar-refractivity contribution in [1.29, 1.82) is 0 Å². The van der Waals surface area contributed by atoms with E-state index in [0.717, 1.165) is 38.9 Å². The lowest BCUT2D eigenvalue weighted by molar-refractivity contribution is -0.133. The monoisotopic (exact) mass is 212 g/mol. The van der Waals surface area contributed by atoms with Crippen molar-refractivity contribution in [3.05, 3.63) is 0 Å². The summed E-state index contributed by atoms with van der Waals surface area (Å²) in [6.07, 6.45) is 5.26. The Morgan fingerprint density at radius 3 is 2.73 bits per heavy atom. The van der Waals surface area contributed by atoms with Crippen LogP contribution in [-0.2, 0) is 4.79 Å². The molecule has 1 unspecified atom stereocenters. The third-order valence-electron chi connectivity index (χ3n) is 3.13. The first kappa shape index (κ1) is 12.5. The van der Waals surface area contributed by atoms with Crippen LogP contribution in [0.15, 0.2) is 0 Å². The number of rotatable bonds is 6. The zero-order valence-electron chi connectivity index (χ0n) is 10.1. The van der Waals surface area contributed by atoms with E-state index in [2.05, 4.69) is 24.1 Å². The van der Waals surface area contributed by atoms with Gasteiger partial charge in [0.1, 0.15) is 0 Å². The van der Waals surface area contributed by atoms with E-state index in [4.69, 9.17) is 0 Å². The van der Waals surface area contributed by atoms with E-state index in [1.165, 1.54) is 12.8 Å². The molecule has 15 heavy (non-hydrogen) atoms. The standard InChI is InChI=1S/C12H24N2O/c1-3-5-6-7-12(15)14(4-2)11-8-9-13-10-11/h11,13H,3-10H2,1-2H3. The zero-order valence-corrected chi connectivity index (χ0v) is 10.1. The van der Waals surface area contributed by atoms with Crippen LogP contribution in [0.2, 0.25) is 0 Å². The van der Waals surface area contributed by atoms with Crippen LogP contribution in [0.25, 0.3) is 0 Å². The van der Waals surface area contributed by atoms with Gasteiger partial charge in [-0.15, -0.1) is 0 Å². The number of nitrogens with one attached hydrogen (secondary N) is 1. The lowest BCUT2D eigenvalue weighted by Gasteiger charge is -2.27. The number of hydrogen-bond acceptors (Lipinski definition) is 2. The summed E-state index contributed by atoms with van der Waals surface area (Å²) in [5.41, 5.74) is 0. The number of carbonyl (C=O) groups is 1. The summed E-state index contributed by atoms with van der Waals surface area (Å²) in [5, 5.41) is 3.32. The van der Waals surface area contributed by atoms with Gasteiger partial charge in [0.2, 0.25) is 5.91 Å². The van der Waals surface area contributed by atoms with Gasteiger partial charge in [0.05, 0.1) is 0 Å². The molecule has 1 aliphatic rings. The Balaban J connectivity index is 2.32. The zero-order chi connectivity index (χ0) is 11.1. The summed E-state index contributed by atoms with van der Waals surface area (Å²) >= 11 is 0. The Hall–Kier alpha value is -0.570. The molecule has 88 valence electrons. The number of nitrogens with zero attached hydrogens (tertiary/aromatic N) is 1. The predicted octanol–water partition coefficient (Wildman–Crippen LogP) is 1.78. The Morgan fingerprint density at radius 2 is 2.20 bits per heavy atom. The number of amides is 1. The van der Waals surface area contributed by atoms with Crippen LogP contribution in [0.4, 0.5) is 0 Å². The second-order valence-electron chi connectivity index (χ2n) is 4.28. The third-order valence-corrected chi connectivity index (χ3v) is 3.13. The lowest BCUT2D eigenvalue weighted by atomic mass is 10.1. The molecule has 1 atom stereocenters. The maximum Gasteiger partial charge on any atom is 0.222 e. The van der Waals surface area contributed by atoms with Crippen LogP contribution in [0, 0.1) is 0 Å². The van der Waals surface area contributed by atoms with Gasteiger partial charge in [-0.2, -0.15) is 0 Å². The molecule has 0 spiro atoms. The molecule has 1 saturated heterocycles. The van der Waals surface area contributed by atoms with E-state index in [1.807, 2.05) is 0 Å². The summed E-state index contributed by atoms with van der Waals surface area (Å²) in [4.78, 5) is 14.0. The Labute approximate surface area is 93.2 Å². The van der Waals surface area contributed by atoms with Crippen LogP contribution >= 0.6 is 0 Å². The van der Waals surface area contributed by atoms with Gasteiger partial charge < -0.3 is 10.2 Å². The smallest absolute Gasteiger partial charge is 0.222 e. The van der Waals surface area contributed by atoms with Crippen LogP contribution in [0.5, 0.6) is 0 Å². The van der Waals surface area contributed by atoms with Gasteiger partial charge in [-0.3, -0.25) is 4.79 Å². The summed E-state index contributed by atoms with van der Waals surface area (Å²) < 4.78 is 0.